The lowest BCUT2D eigenvalue weighted by atomic mass is 10.0. The van der Waals surface area contributed by atoms with Crippen LogP contribution in [0.15, 0.2) is 60.7 Å². The Balaban J connectivity index is 1.61. The van der Waals surface area contributed by atoms with Crippen LogP contribution in [-0.4, -0.2) is 17.7 Å². The predicted molar refractivity (Wildman–Crippen MR) is 114 cm³/mol. The molecule has 0 aliphatic heterocycles. The number of nitrogens with one attached hydrogen (secondary N) is 3. The zero-order valence-corrected chi connectivity index (χ0v) is 16.0. The zero-order chi connectivity index (χ0) is 20.4. The summed E-state index contributed by atoms with van der Waals surface area (Å²) in [5.74, 6) is -0.476. The molecule has 1 aliphatic rings. The molecule has 3 N–H and O–H groups in total. The van der Waals surface area contributed by atoms with Gasteiger partial charge in [0.15, 0.2) is 0 Å². The van der Waals surface area contributed by atoms with Crippen molar-refractivity contribution in [3.63, 3.8) is 0 Å². The molecule has 1 fully saturated rings. The number of carbonyl (C=O) groups is 3. The fourth-order valence-electron chi connectivity index (χ4n) is 3.15. The maximum absolute atomic E-state index is 13.0. The van der Waals surface area contributed by atoms with E-state index >= 15 is 0 Å². The fourth-order valence-corrected chi connectivity index (χ4v) is 3.15. The van der Waals surface area contributed by atoms with Crippen LogP contribution in [-0.2, 0) is 9.59 Å². The molecule has 0 aromatic heterocycles. The lowest BCUT2D eigenvalue weighted by Crippen LogP contribution is -2.19. The van der Waals surface area contributed by atoms with Gasteiger partial charge in [0.1, 0.15) is 0 Å². The van der Waals surface area contributed by atoms with Gasteiger partial charge in [-0.2, -0.15) is 0 Å². The second-order valence-electron chi connectivity index (χ2n) is 7.22. The third-order valence-corrected chi connectivity index (χ3v) is 4.80. The molecule has 0 spiro atoms. The highest BCUT2D eigenvalue weighted by Gasteiger charge is 2.30. The van der Waals surface area contributed by atoms with Crippen LogP contribution in [0, 0.1) is 5.92 Å². The summed E-state index contributed by atoms with van der Waals surface area (Å²) in [6.45, 7) is 1.44. The molecule has 1 saturated carbocycles. The first kappa shape index (κ1) is 18.7. The summed E-state index contributed by atoms with van der Waals surface area (Å²) < 4.78 is 0. The molecule has 3 aromatic carbocycles. The molecule has 6 heteroatoms. The summed E-state index contributed by atoms with van der Waals surface area (Å²) in [7, 11) is 0. The zero-order valence-electron chi connectivity index (χ0n) is 16.0. The lowest BCUT2D eigenvalue weighted by Gasteiger charge is -2.13. The van der Waals surface area contributed by atoms with Crippen molar-refractivity contribution in [3.05, 3.63) is 66.2 Å². The van der Waals surface area contributed by atoms with E-state index < -0.39 is 0 Å². The van der Waals surface area contributed by atoms with E-state index in [1.165, 1.54) is 6.92 Å². The highest BCUT2D eigenvalue weighted by molar-refractivity contribution is 6.13. The van der Waals surface area contributed by atoms with E-state index in [4.69, 9.17) is 0 Å². The average Bonchev–Trinajstić information content (AvgIpc) is 3.54. The quantitative estimate of drug-likeness (QED) is 0.606. The van der Waals surface area contributed by atoms with Gasteiger partial charge in [0.2, 0.25) is 11.8 Å². The number of carbonyl (C=O) groups excluding carboxylic acids is 3. The van der Waals surface area contributed by atoms with Gasteiger partial charge in [-0.15, -0.1) is 0 Å². The third-order valence-electron chi connectivity index (χ3n) is 4.80. The van der Waals surface area contributed by atoms with Crippen molar-refractivity contribution >= 4 is 45.6 Å². The molecule has 29 heavy (non-hydrogen) atoms. The van der Waals surface area contributed by atoms with Crippen LogP contribution >= 0.6 is 0 Å². The number of rotatable bonds is 5. The van der Waals surface area contributed by atoms with Gasteiger partial charge in [-0.1, -0.05) is 24.3 Å². The van der Waals surface area contributed by atoms with Crippen molar-refractivity contribution in [2.45, 2.75) is 19.8 Å². The summed E-state index contributed by atoms with van der Waals surface area (Å²) in [5, 5.41) is 10.3. The van der Waals surface area contributed by atoms with Crippen LogP contribution in [0.2, 0.25) is 0 Å². The summed E-state index contributed by atoms with van der Waals surface area (Å²) in [4.78, 5) is 36.4. The molecule has 3 aromatic rings. The first-order chi connectivity index (χ1) is 14.0. The van der Waals surface area contributed by atoms with Gasteiger partial charge >= 0.3 is 0 Å². The lowest BCUT2D eigenvalue weighted by molar-refractivity contribution is -0.117. The van der Waals surface area contributed by atoms with Gasteiger partial charge in [-0.3, -0.25) is 14.4 Å². The number of fused-ring (bicyclic) bond motifs is 1. The molecule has 0 unspecified atom stereocenters. The van der Waals surface area contributed by atoms with Crippen LogP contribution in [0.25, 0.3) is 10.8 Å². The Morgan fingerprint density at radius 1 is 0.793 bits per heavy atom. The molecule has 0 saturated heterocycles. The Kier molecular flexibility index (Phi) is 4.99. The van der Waals surface area contributed by atoms with Crippen LogP contribution in [0.5, 0.6) is 0 Å². The molecule has 0 bridgehead atoms. The highest BCUT2D eigenvalue weighted by Crippen LogP contribution is 2.32. The molecule has 0 atom stereocenters. The molecule has 6 nitrogen and oxygen atoms in total. The van der Waals surface area contributed by atoms with Gasteiger partial charge < -0.3 is 16.0 Å². The largest absolute Gasteiger partial charge is 0.326 e. The van der Waals surface area contributed by atoms with Gasteiger partial charge in [0.25, 0.3) is 5.91 Å². The third kappa shape index (κ3) is 4.43. The highest BCUT2D eigenvalue weighted by atomic mass is 16.2. The number of hydrogen-bond donors (Lipinski definition) is 3. The number of benzene rings is 3. The van der Waals surface area contributed by atoms with Gasteiger partial charge in [-0.25, -0.2) is 0 Å². The van der Waals surface area contributed by atoms with E-state index in [9.17, 15) is 14.4 Å². The number of anilines is 3. The smallest absolute Gasteiger partial charge is 0.257 e. The molecular weight excluding hydrogens is 366 g/mol. The van der Waals surface area contributed by atoms with Gasteiger partial charge in [0.05, 0.1) is 11.3 Å². The van der Waals surface area contributed by atoms with Crippen LogP contribution in [0.4, 0.5) is 17.1 Å². The molecule has 146 valence electrons. The Morgan fingerprint density at radius 3 is 1.97 bits per heavy atom. The minimum atomic E-state index is -0.311. The molecule has 3 amide bonds. The molecule has 4 rings (SSSR count). The standard InChI is InChI=1S/C23H21N3O3/c1-14(27)24-18-8-10-19(11-9-18)25-23(29)20-12-16-4-2-3-5-17(16)13-21(20)26-22(28)15-6-7-15/h2-5,8-13,15H,6-7H2,1H3,(H,24,27)(H,25,29)(H,26,28). The Labute approximate surface area is 168 Å². The number of amides is 3. The van der Waals surface area contributed by atoms with E-state index in [2.05, 4.69) is 16.0 Å². The average molecular weight is 387 g/mol. The van der Waals surface area contributed by atoms with Crippen molar-refractivity contribution < 1.29 is 14.4 Å². The first-order valence-electron chi connectivity index (χ1n) is 9.52. The Bertz CT molecular complexity index is 1100. The normalized spacial score (nSPS) is 13.0. The first-order valence-corrected chi connectivity index (χ1v) is 9.52. The van der Waals surface area contributed by atoms with Crippen LogP contribution in [0.1, 0.15) is 30.1 Å². The predicted octanol–water partition coefficient (Wildman–Crippen LogP) is 4.40. The van der Waals surface area contributed by atoms with Gasteiger partial charge in [0, 0.05) is 24.2 Å². The second-order valence-corrected chi connectivity index (χ2v) is 7.22. The molecule has 0 radical (unpaired) electrons. The second kappa shape index (κ2) is 7.75. The summed E-state index contributed by atoms with van der Waals surface area (Å²) in [6.07, 6.45) is 1.78. The minimum absolute atomic E-state index is 0.0405. The summed E-state index contributed by atoms with van der Waals surface area (Å²) in [5.41, 5.74) is 2.16. The number of hydrogen-bond acceptors (Lipinski definition) is 3. The van der Waals surface area contributed by atoms with E-state index in [1.54, 1.807) is 30.3 Å². The maximum Gasteiger partial charge on any atom is 0.257 e. The monoisotopic (exact) mass is 387 g/mol. The topological polar surface area (TPSA) is 87.3 Å². The van der Waals surface area contributed by atoms with Crippen LogP contribution in [0.3, 0.4) is 0 Å². The molecule has 0 heterocycles. The van der Waals surface area contributed by atoms with Crippen molar-refractivity contribution in [3.8, 4) is 0 Å². The maximum atomic E-state index is 13.0. The van der Waals surface area contributed by atoms with E-state index in [1.807, 2.05) is 30.3 Å². The minimum Gasteiger partial charge on any atom is -0.326 e. The van der Waals surface area contributed by atoms with Crippen molar-refractivity contribution in [2.24, 2.45) is 5.92 Å². The fraction of sp³-hybridized carbons (Fsp3) is 0.174. The van der Waals surface area contributed by atoms with E-state index in [-0.39, 0.29) is 23.6 Å². The summed E-state index contributed by atoms with van der Waals surface area (Å²) in [6, 6.07) is 18.2. The van der Waals surface area contributed by atoms with Crippen LogP contribution < -0.4 is 16.0 Å². The van der Waals surface area contributed by atoms with E-state index in [0.29, 0.717) is 22.6 Å². The molecular formula is C23H21N3O3. The van der Waals surface area contributed by atoms with Crippen molar-refractivity contribution in [1.82, 2.24) is 0 Å². The summed E-state index contributed by atoms with van der Waals surface area (Å²) >= 11 is 0. The molecule has 1 aliphatic carbocycles. The van der Waals surface area contributed by atoms with Crippen molar-refractivity contribution in [2.75, 3.05) is 16.0 Å². The SMILES string of the molecule is CC(=O)Nc1ccc(NC(=O)c2cc3ccccc3cc2NC(=O)C2CC2)cc1. The van der Waals surface area contributed by atoms with Gasteiger partial charge in [-0.05, 0) is 60.0 Å². The van der Waals surface area contributed by atoms with Crippen molar-refractivity contribution in [1.29, 1.82) is 0 Å². The Hall–Kier alpha value is -3.67. The van der Waals surface area contributed by atoms with E-state index in [0.717, 1.165) is 23.6 Å². The Morgan fingerprint density at radius 2 is 1.38 bits per heavy atom.